The first-order valence-electron chi connectivity index (χ1n) is 12.6. The molecule has 1 fully saturated rings. The highest BCUT2D eigenvalue weighted by molar-refractivity contribution is 5.71. The van der Waals surface area contributed by atoms with E-state index in [4.69, 9.17) is 14.6 Å². The molecule has 2 heterocycles. The Bertz CT molecular complexity index is 1250. The minimum Gasteiger partial charge on any atom is -0.497 e. The summed E-state index contributed by atoms with van der Waals surface area (Å²) in [6, 6.07) is 28.7. The van der Waals surface area contributed by atoms with Gasteiger partial charge in [0.05, 0.1) is 30.8 Å². The fraction of sp³-hybridized carbons (Fsp3) is 0.300. The molecule has 36 heavy (non-hydrogen) atoms. The number of likely N-dealkylation sites (N-methyl/N-ethyl adjacent to an activating group) is 1. The first-order chi connectivity index (χ1) is 17.7. The van der Waals surface area contributed by atoms with Crippen LogP contribution in [0.3, 0.4) is 0 Å². The summed E-state index contributed by atoms with van der Waals surface area (Å²) in [4.78, 5) is 4.91. The molecule has 0 unspecified atom stereocenters. The Morgan fingerprint density at radius 2 is 1.56 bits per heavy atom. The number of hydrogen-bond donors (Lipinski definition) is 0. The fourth-order valence-corrected chi connectivity index (χ4v) is 4.55. The van der Waals surface area contributed by atoms with Gasteiger partial charge in [-0.05, 0) is 68.1 Å². The Morgan fingerprint density at radius 1 is 0.778 bits per heavy atom. The summed E-state index contributed by atoms with van der Waals surface area (Å²) in [5.74, 6) is 1.72. The zero-order valence-corrected chi connectivity index (χ0v) is 21.1. The smallest absolute Gasteiger partial charge is 0.119 e. The summed E-state index contributed by atoms with van der Waals surface area (Å²) < 4.78 is 13.5. The second kappa shape index (κ2) is 11.4. The number of methoxy groups -OCH3 is 1. The van der Waals surface area contributed by atoms with E-state index in [2.05, 4.69) is 53.2 Å². The van der Waals surface area contributed by atoms with Crippen molar-refractivity contribution in [1.82, 2.24) is 19.6 Å². The van der Waals surface area contributed by atoms with Crippen molar-refractivity contribution in [2.45, 2.75) is 6.42 Å². The molecule has 5 rings (SSSR count). The van der Waals surface area contributed by atoms with E-state index in [0.29, 0.717) is 6.61 Å². The molecule has 0 aliphatic carbocycles. The highest BCUT2D eigenvalue weighted by Gasteiger charge is 2.15. The zero-order valence-electron chi connectivity index (χ0n) is 21.1. The molecular weight excluding hydrogens is 448 g/mol. The largest absolute Gasteiger partial charge is 0.497 e. The fourth-order valence-electron chi connectivity index (χ4n) is 4.55. The number of para-hydroxylation sites is 1. The van der Waals surface area contributed by atoms with Crippen LogP contribution in [0.5, 0.6) is 11.5 Å². The first-order valence-corrected chi connectivity index (χ1v) is 12.6. The van der Waals surface area contributed by atoms with Gasteiger partial charge >= 0.3 is 0 Å². The third-order valence-electron chi connectivity index (χ3n) is 6.71. The molecule has 1 aromatic heterocycles. The van der Waals surface area contributed by atoms with E-state index in [0.717, 1.165) is 78.8 Å². The predicted molar refractivity (Wildman–Crippen MR) is 145 cm³/mol. The molecule has 0 spiro atoms. The van der Waals surface area contributed by atoms with Gasteiger partial charge < -0.3 is 19.3 Å². The van der Waals surface area contributed by atoms with E-state index in [1.165, 1.54) is 0 Å². The van der Waals surface area contributed by atoms with Crippen molar-refractivity contribution >= 4 is 0 Å². The van der Waals surface area contributed by atoms with Crippen LogP contribution in [0.4, 0.5) is 0 Å². The zero-order chi connectivity index (χ0) is 24.7. The molecule has 0 amide bonds. The SMILES string of the molecule is COc1ccc(-c2cc(-c3cccc(OCCCN4CCN(C)CC4)c3)n(-c3ccccc3)n2)cc1. The summed E-state index contributed by atoms with van der Waals surface area (Å²) in [5.41, 5.74) is 5.07. The number of piperazine rings is 1. The van der Waals surface area contributed by atoms with E-state index < -0.39 is 0 Å². The normalized spacial score (nSPS) is 14.6. The Balaban J connectivity index is 1.34. The second-order valence-corrected chi connectivity index (χ2v) is 9.27. The lowest BCUT2D eigenvalue weighted by molar-refractivity contribution is 0.145. The quantitative estimate of drug-likeness (QED) is 0.306. The van der Waals surface area contributed by atoms with Crippen molar-refractivity contribution in [3.05, 3.63) is 84.9 Å². The number of hydrogen-bond acceptors (Lipinski definition) is 5. The monoisotopic (exact) mass is 482 g/mol. The molecule has 0 bridgehead atoms. The van der Waals surface area contributed by atoms with Crippen LogP contribution in [0.1, 0.15) is 6.42 Å². The van der Waals surface area contributed by atoms with Gasteiger partial charge in [-0.3, -0.25) is 0 Å². The predicted octanol–water partition coefficient (Wildman–Crippen LogP) is 5.23. The lowest BCUT2D eigenvalue weighted by Crippen LogP contribution is -2.44. The van der Waals surface area contributed by atoms with Crippen molar-refractivity contribution in [3.63, 3.8) is 0 Å². The molecule has 6 heteroatoms. The van der Waals surface area contributed by atoms with Crippen LogP contribution >= 0.6 is 0 Å². The van der Waals surface area contributed by atoms with Crippen LogP contribution in [0.15, 0.2) is 84.9 Å². The maximum atomic E-state index is 6.16. The number of rotatable bonds is 9. The summed E-state index contributed by atoms with van der Waals surface area (Å²) in [6.45, 7) is 6.38. The molecule has 0 radical (unpaired) electrons. The molecular formula is C30H34N4O2. The number of benzene rings is 3. The lowest BCUT2D eigenvalue weighted by Gasteiger charge is -2.32. The van der Waals surface area contributed by atoms with E-state index in [1.807, 2.05) is 53.2 Å². The number of nitrogens with zero attached hydrogens (tertiary/aromatic N) is 4. The van der Waals surface area contributed by atoms with Gasteiger partial charge in [0.25, 0.3) is 0 Å². The molecule has 6 nitrogen and oxygen atoms in total. The van der Waals surface area contributed by atoms with Crippen LogP contribution in [0, 0.1) is 0 Å². The second-order valence-electron chi connectivity index (χ2n) is 9.27. The van der Waals surface area contributed by atoms with Crippen LogP contribution in [-0.4, -0.2) is 73.1 Å². The minimum atomic E-state index is 0.713. The molecule has 4 aromatic rings. The molecule has 1 saturated heterocycles. The maximum Gasteiger partial charge on any atom is 0.119 e. The minimum absolute atomic E-state index is 0.713. The Kier molecular flexibility index (Phi) is 7.64. The molecule has 3 aromatic carbocycles. The van der Waals surface area contributed by atoms with Gasteiger partial charge in [0.15, 0.2) is 0 Å². The van der Waals surface area contributed by atoms with Gasteiger partial charge in [-0.2, -0.15) is 5.10 Å². The Labute approximate surface area is 213 Å². The average Bonchev–Trinajstić information content (AvgIpc) is 3.39. The van der Waals surface area contributed by atoms with Gasteiger partial charge in [0.1, 0.15) is 11.5 Å². The molecule has 186 valence electrons. The van der Waals surface area contributed by atoms with Crippen LogP contribution in [-0.2, 0) is 0 Å². The van der Waals surface area contributed by atoms with Crippen LogP contribution in [0.2, 0.25) is 0 Å². The molecule has 0 N–H and O–H groups in total. The summed E-state index contributed by atoms with van der Waals surface area (Å²) in [5, 5.41) is 4.97. The topological polar surface area (TPSA) is 42.8 Å². The first kappa shape index (κ1) is 24.1. The maximum absolute atomic E-state index is 6.16. The van der Waals surface area contributed by atoms with Gasteiger partial charge in [-0.25, -0.2) is 4.68 Å². The third-order valence-corrected chi connectivity index (χ3v) is 6.71. The highest BCUT2D eigenvalue weighted by Crippen LogP contribution is 2.31. The molecule has 1 aliphatic rings. The number of ether oxygens (including phenoxy) is 2. The summed E-state index contributed by atoms with van der Waals surface area (Å²) in [7, 11) is 3.87. The van der Waals surface area contributed by atoms with E-state index in [-0.39, 0.29) is 0 Å². The van der Waals surface area contributed by atoms with Gasteiger partial charge in [0.2, 0.25) is 0 Å². The lowest BCUT2D eigenvalue weighted by atomic mass is 10.1. The Hall–Kier alpha value is -3.61. The van der Waals surface area contributed by atoms with Gasteiger partial charge in [-0.15, -0.1) is 0 Å². The van der Waals surface area contributed by atoms with Gasteiger partial charge in [0, 0.05) is 43.9 Å². The van der Waals surface area contributed by atoms with E-state index >= 15 is 0 Å². The van der Waals surface area contributed by atoms with Crippen molar-refractivity contribution in [2.75, 3.05) is 53.5 Å². The van der Waals surface area contributed by atoms with E-state index in [9.17, 15) is 0 Å². The van der Waals surface area contributed by atoms with E-state index in [1.54, 1.807) is 7.11 Å². The average molecular weight is 483 g/mol. The van der Waals surface area contributed by atoms with Crippen molar-refractivity contribution in [1.29, 1.82) is 0 Å². The summed E-state index contributed by atoms with van der Waals surface area (Å²) >= 11 is 0. The van der Waals surface area contributed by atoms with Crippen LogP contribution < -0.4 is 9.47 Å². The number of aromatic nitrogens is 2. The van der Waals surface area contributed by atoms with Gasteiger partial charge in [-0.1, -0.05) is 30.3 Å². The summed E-state index contributed by atoms with van der Waals surface area (Å²) in [6.07, 6.45) is 1.03. The standard InChI is InChI=1S/C30H34N4O2/c1-32-17-19-33(20-18-32)16-7-21-36-28-11-6-8-25(22-28)30-23-29(24-12-14-27(35-2)15-13-24)31-34(30)26-9-4-3-5-10-26/h3-6,8-15,22-23H,7,16-21H2,1-2H3. The molecule has 0 saturated carbocycles. The molecule has 0 atom stereocenters. The third kappa shape index (κ3) is 5.78. The van der Waals surface area contributed by atoms with Crippen molar-refractivity contribution < 1.29 is 9.47 Å². The van der Waals surface area contributed by atoms with Crippen molar-refractivity contribution in [2.24, 2.45) is 0 Å². The van der Waals surface area contributed by atoms with Crippen LogP contribution in [0.25, 0.3) is 28.2 Å². The Morgan fingerprint density at radius 3 is 2.31 bits per heavy atom. The highest BCUT2D eigenvalue weighted by atomic mass is 16.5. The van der Waals surface area contributed by atoms with Crippen molar-refractivity contribution in [3.8, 4) is 39.7 Å². The molecule has 1 aliphatic heterocycles.